The van der Waals surface area contributed by atoms with Gasteiger partial charge in [0.1, 0.15) is 0 Å². The van der Waals surface area contributed by atoms with Gasteiger partial charge in [-0.1, -0.05) is 13.3 Å². The molecule has 0 radical (unpaired) electrons. The van der Waals surface area contributed by atoms with E-state index in [4.69, 9.17) is 0 Å². The van der Waals surface area contributed by atoms with Gasteiger partial charge in [-0.3, -0.25) is 9.11 Å². The van der Waals surface area contributed by atoms with Crippen molar-refractivity contribution in [3.8, 4) is 0 Å². The van der Waals surface area contributed by atoms with Crippen molar-refractivity contribution in [2.24, 2.45) is 0 Å². The molecule has 1 fully saturated rings. The van der Waals surface area contributed by atoms with Gasteiger partial charge in [0.05, 0.1) is 0 Å². The van der Waals surface area contributed by atoms with E-state index >= 15 is 0 Å². The van der Waals surface area contributed by atoms with Crippen LogP contribution >= 0.6 is 0 Å². The van der Waals surface area contributed by atoms with E-state index in [9.17, 15) is 4.21 Å². The van der Waals surface area contributed by atoms with Crippen molar-refractivity contribution in [1.29, 1.82) is 0 Å². The Hall–Kier alpha value is 0.110. The molecule has 0 aromatic carbocycles. The van der Waals surface area contributed by atoms with Crippen molar-refractivity contribution in [1.82, 2.24) is 4.90 Å². The van der Waals surface area contributed by atoms with E-state index in [0.29, 0.717) is 11.3 Å². The van der Waals surface area contributed by atoms with Crippen LogP contribution in [0.2, 0.25) is 0 Å². The number of nitrogens with zero attached hydrogens (tertiary/aromatic N) is 1. The van der Waals surface area contributed by atoms with Crippen molar-refractivity contribution in [2.45, 2.75) is 44.9 Å². The van der Waals surface area contributed by atoms with Gasteiger partial charge in [-0.15, -0.1) is 0 Å². The highest BCUT2D eigenvalue weighted by Crippen LogP contribution is 2.16. The Morgan fingerprint density at radius 1 is 1.46 bits per heavy atom. The lowest BCUT2D eigenvalue weighted by Gasteiger charge is -2.37. The first-order chi connectivity index (χ1) is 6.16. The second kappa shape index (κ2) is 5.11. The van der Waals surface area contributed by atoms with Crippen LogP contribution in [0.1, 0.15) is 33.6 Å². The maximum Gasteiger partial charge on any atom is 0.0473 e. The molecule has 0 spiro atoms. The summed E-state index contributed by atoms with van der Waals surface area (Å²) in [5.41, 5.74) is 0. The third kappa shape index (κ3) is 2.78. The average molecular weight is 203 g/mol. The fourth-order valence-corrected chi connectivity index (χ4v) is 3.19. The smallest absolute Gasteiger partial charge is 0.0473 e. The molecule has 1 heterocycles. The summed E-state index contributed by atoms with van der Waals surface area (Å²) < 4.78 is 11.5. The Morgan fingerprint density at radius 3 is 2.77 bits per heavy atom. The molecule has 1 aliphatic heterocycles. The van der Waals surface area contributed by atoms with Crippen molar-refractivity contribution in [3.63, 3.8) is 0 Å². The fourth-order valence-electron chi connectivity index (χ4n) is 1.79. The molecule has 3 heteroatoms. The highest BCUT2D eigenvalue weighted by Gasteiger charge is 2.28. The van der Waals surface area contributed by atoms with Crippen molar-refractivity contribution >= 4 is 10.8 Å². The minimum absolute atomic E-state index is 0.352. The lowest BCUT2D eigenvalue weighted by atomic mass is 10.2. The zero-order chi connectivity index (χ0) is 9.84. The number of rotatable bonds is 3. The normalized spacial score (nSPS) is 36.4. The molecule has 3 atom stereocenters. The lowest BCUT2D eigenvalue weighted by Crippen LogP contribution is -2.49. The third-order valence-electron chi connectivity index (χ3n) is 3.05. The number of hydrogen-bond acceptors (Lipinski definition) is 2. The molecule has 0 aliphatic carbocycles. The van der Waals surface area contributed by atoms with Crippen LogP contribution in [0.5, 0.6) is 0 Å². The highest BCUT2D eigenvalue weighted by molar-refractivity contribution is 7.85. The van der Waals surface area contributed by atoms with Gasteiger partial charge in [0.25, 0.3) is 0 Å². The van der Waals surface area contributed by atoms with Crippen molar-refractivity contribution < 1.29 is 4.21 Å². The molecule has 0 bridgehead atoms. The van der Waals surface area contributed by atoms with E-state index in [1.165, 1.54) is 19.4 Å². The summed E-state index contributed by atoms with van der Waals surface area (Å²) in [4.78, 5) is 2.48. The maximum atomic E-state index is 11.5. The Morgan fingerprint density at radius 2 is 2.15 bits per heavy atom. The SMILES string of the molecule is CCCCN1CCS(=O)C(C)C1C. The molecule has 0 N–H and O–H groups in total. The summed E-state index contributed by atoms with van der Waals surface area (Å²) >= 11 is 0. The van der Waals surface area contributed by atoms with E-state index < -0.39 is 10.8 Å². The lowest BCUT2D eigenvalue weighted by molar-refractivity contribution is 0.207. The number of unbranched alkanes of at least 4 members (excludes halogenated alkanes) is 1. The molecule has 3 unspecified atom stereocenters. The molecule has 0 saturated carbocycles. The minimum Gasteiger partial charge on any atom is -0.299 e. The molecule has 1 rings (SSSR count). The minimum atomic E-state index is -0.583. The van der Waals surface area contributed by atoms with Crippen molar-refractivity contribution in [3.05, 3.63) is 0 Å². The Labute approximate surface area is 84.2 Å². The van der Waals surface area contributed by atoms with E-state index in [1.54, 1.807) is 0 Å². The molecule has 1 aliphatic rings. The van der Waals surface area contributed by atoms with Crippen LogP contribution in [-0.4, -0.2) is 39.2 Å². The van der Waals surface area contributed by atoms with Gasteiger partial charge in [0.15, 0.2) is 0 Å². The second-order valence-electron chi connectivity index (χ2n) is 3.92. The van der Waals surface area contributed by atoms with E-state index in [2.05, 4.69) is 25.7 Å². The van der Waals surface area contributed by atoms with Crippen LogP contribution < -0.4 is 0 Å². The predicted octanol–water partition coefficient (Wildman–Crippen LogP) is 1.63. The van der Waals surface area contributed by atoms with E-state index in [-0.39, 0.29) is 0 Å². The van der Waals surface area contributed by atoms with Crippen LogP contribution in [0.15, 0.2) is 0 Å². The summed E-state index contributed by atoms with van der Waals surface area (Å²) in [7, 11) is -0.583. The zero-order valence-corrected chi connectivity index (χ0v) is 9.77. The van der Waals surface area contributed by atoms with Crippen LogP contribution in [0.4, 0.5) is 0 Å². The standard InChI is InChI=1S/C10H21NOS/c1-4-5-6-11-7-8-13(12)10(3)9(11)2/h9-10H,4-8H2,1-3H3. The summed E-state index contributed by atoms with van der Waals surface area (Å²) in [6, 6.07) is 0.501. The second-order valence-corrected chi connectivity index (χ2v) is 5.83. The first kappa shape index (κ1) is 11.2. The van der Waals surface area contributed by atoms with Gasteiger partial charge in [-0.05, 0) is 26.8 Å². The first-order valence-electron chi connectivity index (χ1n) is 5.28. The molecule has 0 aromatic rings. The summed E-state index contributed by atoms with van der Waals surface area (Å²) in [5.74, 6) is 0.870. The van der Waals surface area contributed by atoms with Gasteiger partial charge < -0.3 is 0 Å². The molecular weight excluding hydrogens is 182 g/mol. The van der Waals surface area contributed by atoms with Crippen LogP contribution in [0.25, 0.3) is 0 Å². The molecule has 0 amide bonds. The molecule has 1 saturated heterocycles. The molecule has 0 aromatic heterocycles. The van der Waals surface area contributed by atoms with Gasteiger partial charge >= 0.3 is 0 Å². The topological polar surface area (TPSA) is 20.3 Å². The average Bonchev–Trinajstić information content (AvgIpc) is 2.13. The van der Waals surface area contributed by atoms with Crippen molar-refractivity contribution in [2.75, 3.05) is 18.8 Å². The quantitative estimate of drug-likeness (QED) is 0.695. The Bertz CT molecular complexity index is 184. The van der Waals surface area contributed by atoms with E-state index in [1.807, 2.05) is 0 Å². The Kier molecular flexibility index (Phi) is 4.39. The summed E-state index contributed by atoms with van der Waals surface area (Å²) in [6.07, 6.45) is 2.52. The maximum absolute atomic E-state index is 11.5. The fraction of sp³-hybridized carbons (Fsp3) is 1.00. The molecule has 13 heavy (non-hydrogen) atoms. The Balaban J connectivity index is 2.44. The summed E-state index contributed by atoms with van der Waals surface area (Å²) in [5, 5.41) is 0.352. The zero-order valence-electron chi connectivity index (χ0n) is 8.95. The van der Waals surface area contributed by atoms with Crippen LogP contribution in [0.3, 0.4) is 0 Å². The highest BCUT2D eigenvalue weighted by atomic mass is 32.2. The van der Waals surface area contributed by atoms with E-state index in [0.717, 1.165) is 12.3 Å². The van der Waals surface area contributed by atoms with Gasteiger partial charge in [0, 0.05) is 34.4 Å². The predicted molar refractivity (Wildman–Crippen MR) is 58.4 cm³/mol. The molecule has 78 valence electrons. The largest absolute Gasteiger partial charge is 0.299 e. The number of hydrogen-bond donors (Lipinski definition) is 0. The molecular formula is C10H21NOS. The summed E-state index contributed by atoms with van der Waals surface area (Å²) in [6.45, 7) is 8.74. The third-order valence-corrected chi connectivity index (χ3v) is 4.86. The first-order valence-corrected chi connectivity index (χ1v) is 6.66. The van der Waals surface area contributed by atoms with Crippen LogP contribution in [0, 0.1) is 0 Å². The van der Waals surface area contributed by atoms with Gasteiger partial charge in [-0.2, -0.15) is 0 Å². The van der Waals surface area contributed by atoms with Crippen LogP contribution in [-0.2, 0) is 10.8 Å². The van der Waals surface area contributed by atoms with Gasteiger partial charge in [0.2, 0.25) is 0 Å². The van der Waals surface area contributed by atoms with Gasteiger partial charge in [-0.25, -0.2) is 0 Å². The monoisotopic (exact) mass is 203 g/mol. The molecule has 2 nitrogen and oxygen atoms in total.